The molecule has 0 aliphatic carbocycles. The maximum Gasteiger partial charge on any atom is 0.142 e. The molecular formula is C16H15ClFNO. The van der Waals surface area contributed by atoms with E-state index in [1.165, 1.54) is 6.07 Å². The highest BCUT2D eigenvalue weighted by atomic mass is 35.5. The van der Waals surface area contributed by atoms with Crippen molar-refractivity contribution in [3.05, 3.63) is 64.4 Å². The summed E-state index contributed by atoms with van der Waals surface area (Å²) in [6.45, 7) is 1.30. The molecule has 2 aromatic rings. The highest BCUT2D eigenvalue weighted by molar-refractivity contribution is 6.30. The second-order valence-electron chi connectivity index (χ2n) is 4.86. The molecule has 3 rings (SSSR count). The monoisotopic (exact) mass is 291 g/mol. The molecule has 4 heteroatoms. The van der Waals surface area contributed by atoms with Gasteiger partial charge in [-0.25, -0.2) is 4.39 Å². The maximum absolute atomic E-state index is 13.4. The van der Waals surface area contributed by atoms with Crippen LogP contribution in [0.2, 0.25) is 5.02 Å². The Kier molecular flexibility index (Phi) is 3.90. The first-order chi connectivity index (χ1) is 9.74. The van der Waals surface area contributed by atoms with Crippen LogP contribution in [-0.4, -0.2) is 6.61 Å². The van der Waals surface area contributed by atoms with Gasteiger partial charge in [-0.05, 0) is 23.8 Å². The van der Waals surface area contributed by atoms with Gasteiger partial charge in [0, 0.05) is 24.6 Å². The number of para-hydroxylation sites is 1. The van der Waals surface area contributed by atoms with Crippen molar-refractivity contribution in [2.24, 2.45) is 0 Å². The molecule has 0 fully saturated rings. The Morgan fingerprint density at radius 1 is 1.25 bits per heavy atom. The average molecular weight is 292 g/mol. The highest BCUT2D eigenvalue weighted by Gasteiger charge is 2.20. The van der Waals surface area contributed by atoms with E-state index >= 15 is 0 Å². The Balaban J connectivity index is 1.71. The van der Waals surface area contributed by atoms with Gasteiger partial charge < -0.3 is 10.1 Å². The Morgan fingerprint density at radius 2 is 2.10 bits per heavy atom. The highest BCUT2D eigenvalue weighted by Crippen LogP contribution is 2.31. The van der Waals surface area contributed by atoms with Crippen LogP contribution in [0.4, 0.5) is 4.39 Å². The molecule has 0 radical (unpaired) electrons. The quantitative estimate of drug-likeness (QED) is 0.919. The van der Waals surface area contributed by atoms with Crippen LogP contribution in [0.25, 0.3) is 0 Å². The lowest BCUT2D eigenvalue weighted by Crippen LogP contribution is -2.26. The minimum Gasteiger partial charge on any atom is -0.493 e. The van der Waals surface area contributed by atoms with Crippen molar-refractivity contribution < 1.29 is 9.13 Å². The molecule has 1 heterocycles. The predicted molar refractivity (Wildman–Crippen MR) is 77.5 cm³/mol. The molecule has 0 aromatic heterocycles. The molecule has 1 atom stereocenters. The smallest absolute Gasteiger partial charge is 0.142 e. The van der Waals surface area contributed by atoms with Crippen LogP contribution in [0.1, 0.15) is 23.6 Å². The van der Waals surface area contributed by atoms with Gasteiger partial charge >= 0.3 is 0 Å². The summed E-state index contributed by atoms with van der Waals surface area (Å²) in [5.74, 6) is 0.553. The van der Waals surface area contributed by atoms with E-state index in [4.69, 9.17) is 16.3 Å². The third-order valence-electron chi connectivity index (χ3n) is 3.50. The topological polar surface area (TPSA) is 21.3 Å². The van der Waals surface area contributed by atoms with Gasteiger partial charge in [-0.15, -0.1) is 0 Å². The van der Waals surface area contributed by atoms with Gasteiger partial charge in [-0.2, -0.15) is 0 Å². The zero-order valence-electron chi connectivity index (χ0n) is 10.9. The van der Waals surface area contributed by atoms with Crippen molar-refractivity contribution in [3.63, 3.8) is 0 Å². The summed E-state index contributed by atoms with van der Waals surface area (Å²) in [5, 5.41) is 3.61. The number of hydrogen-bond acceptors (Lipinski definition) is 2. The van der Waals surface area contributed by atoms with Gasteiger partial charge in [-0.3, -0.25) is 0 Å². The average Bonchev–Trinajstić information content (AvgIpc) is 2.48. The van der Waals surface area contributed by atoms with E-state index in [-0.39, 0.29) is 16.9 Å². The number of fused-ring (bicyclic) bond motifs is 1. The van der Waals surface area contributed by atoms with E-state index in [1.807, 2.05) is 24.3 Å². The molecular weight excluding hydrogens is 277 g/mol. The zero-order valence-corrected chi connectivity index (χ0v) is 11.7. The fourth-order valence-electron chi connectivity index (χ4n) is 2.44. The van der Waals surface area contributed by atoms with E-state index in [1.54, 1.807) is 6.07 Å². The maximum atomic E-state index is 13.4. The van der Waals surface area contributed by atoms with Crippen LogP contribution in [0, 0.1) is 5.82 Å². The number of halogens is 2. The van der Waals surface area contributed by atoms with Crippen LogP contribution in [0.15, 0.2) is 42.5 Å². The van der Waals surface area contributed by atoms with Crippen molar-refractivity contribution in [2.75, 3.05) is 6.61 Å². The van der Waals surface area contributed by atoms with Crippen LogP contribution in [-0.2, 0) is 6.54 Å². The third kappa shape index (κ3) is 2.79. The second kappa shape index (κ2) is 5.81. The number of nitrogens with one attached hydrogen (secondary N) is 1. The lowest BCUT2D eigenvalue weighted by Gasteiger charge is -2.26. The van der Waals surface area contributed by atoms with Gasteiger partial charge in [0.25, 0.3) is 0 Å². The van der Waals surface area contributed by atoms with Crippen molar-refractivity contribution in [2.45, 2.75) is 19.0 Å². The number of hydrogen-bond donors (Lipinski definition) is 1. The van der Waals surface area contributed by atoms with E-state index in [9.17, 15) is 4.39 Å². The molecule has 0 bridgehead atoms. The van der Waals surface area contributed by atoms with Crippen LogP contribution >= 0.6 is 11.6 Å². The summed E-state index contributed by atoms with van der Waals surface area (Å²) < 4.78 is 19.0. The molecule has 0 amide bonds. The fourth-order valence-corrected chi connectivity index (χ4v) is 2.56. The minimum atomic E-state index is -0.377. The largest absolute Gasteiger partial charge is 0.493 e. The lowest BCUT2D eigenvalue weighted by atomic mass is 10.0. The third-order valence-corrected chi connectivity index (χ3v) is 3.80. The minimum absolute atomic E-state index is 0.158. The molecule has 2 aromatic carbocycles. The Bertz CT molecular complexity index is 617. The summed E-state index contributed by atoms with van der Waals surface area (Å²) in [4.78, 5) is 0. The SMILES string of the molecule is Fc1cc(CNC2CCOc3ccccc32)ccc1Cl. The van der Waals surface area contributed by atoms with Gasteiger partial charge in [-0.1, -0.05) is 35.9 Å². The van der Waals surface area contributed by atoms with Gasteiger partial charge in [0.05, 0.1) is 11.6 Å². The van der Waals surface area contributed by atoms with Crippen LogP contribution in [0.3, 0.4) is 0 Å². The first-order valence-electron chi connectivity index (χ1n) is 6.63. The summed E-state index contributed by atoms with van der Waals surface area (Å²) in [7, 11) is 0. The second-order valence-corrected chi connectivity index (χ2v) is 5.26. The molecule has 104 valence electrons. The normalized spacial score (nSPS) is 17.4. The first-order valence-corrected chi connectivity index (χ1v) is 7.01. The Labute approximate surface area is 122 Å². The van der Waals surface area contributed by atoms with Crippen LogP contribution < -0.4 is 10.1 Å². The molecule has 1 aliphatic rings. The number of benzene rings is 2. The molecule has 0 saturated heterocycles. The van der Waals surface area contributed by atoms with Gasteiger partial charge in [0.15, 0.2) is 0 Å². The molecule has 0 saturated carbocycles. The summed E-state index contributed by atoms with van der Waals surface area (Å²) >= 11 is 5.68. The number of ether oxygens (including phenoxy) is 1. The first kappa shape index (κ1) is 13.4. The zero-order chi connectivity index (χ0) is 13.9. The van der Waals surface area contributed by atoms with Gasteiger partial charge in [0.2, 0.25) is 0 Å². The van der Waals surface area contributed by atoms with Crippen LogP contribution in [0.5, 0.6) is 5.75 Å². The summed E-state index contributed by atoms with van der Waals surface area (Å²) in [6, 6.07) is 13.1. The van der Waals surface area contributed by atoms with E-state index < -0.39 is 0 Å². The summed E-state index contributed by atoms with van der Waals surface area (Å²) in [5.41, 5.74) is 2.05. The molecule has 20 heavy (non-hydrogen) atoms. The van der Waals surface area contributed by atoms with Crippen molar-refractivity contribution in [1.29, 1.82) is 0 Å². The summed E-state index contributed by atoms with van der Waals surface area (Å²) in [6.07, 6.45) is 0.910. The Morgan fingerprint density at radius 3 is 2.95 bits per heavy atom. The van der Waals surface area contributed by atoms with E-state index in [0.29, 0.717) is 13.2 Å². The fraction of sp³-hybridized carbons (Fsp3) is 0.250. The predicted octanol–water partition coefficient (Wildman–Crippen LogP) is 4.09. The molecule has 2 nitrogen and oxygen atoms in total. The van der Waals surface area contributed by atoms with Crippen molar-refractivity contribution >= 4 is 11.6 Å². The molecule has 1 N–H and O–H groups in total. The number of rotatable bonds is 3. The molecule has 0 spiro atoms. The Hall–Kier alpha value is -1.58. The van der Waals surface area contributed by atoms with E-state index in [2.05, 4.69) is 11.4 Å². The molecule has 1 aliphatic heterocycles. The standard InChI is InChI=1S/C16H15ClFNO/c17-13-6-5-11(9-14(13)18)10-19-15-7-8-20-16-4-2-1-3-12(15)16/h1-6,9,15,19H,7-8,10H2. The lowest BCUT2D eigenvalue weighted by molar-refractivity contribution is 0.252. The van der Waals surface area contributed by atoms with Gasteiger partial charge in [0.1, 0.15) is 11.6 Å². The van der Waals surface area contributed by atoms with Crippen molar-refractivity contribution in [1.82, 2.24) is 5.32 Å². The van der Waals surface area contributed by atoms with E-state index in [0.717, 1.165) is 23.3 Å². The molecule has 1 unspecified atom stereocenters. The van der Waals surface area contributed by atoms with Crippen molar-refractivity contribution in [3.8, 4) is 5.75 Å².